The van der Waals surface area contributed by atoms with Gasteiger partial charge in [0.15, 0.2) is 4.83 Å². The Morgan fingerprint density at radius 1 is 1.32 bits per heavy atom. The number of aromatic nitrogens is 3. The number of benzene rings is 1. The molecule has 5 heteroatoms. The van der Waals surface area contributed by atoms with Crippen molar-refractivity contribution in [3.05, 3.63) is 56.7 Å². The second kappa shape index (κ2) is 5.32. The molecule has 0 spiro atoms. The lowest BCUT2D eigenvalue weighted by Gasteiger charge is -2.17. The Morgan fingerprint density at radius 3 is 2.95 bits per heavy atom. The third kappa shape index (κ3) is 2.25. The van der Waals surface area contributed by atoms with Crippen LogP contribution in [-0.4, -0.2) is 15.0 Å². The van der Waals surface area contributed by atoms with Crippen molar-refractivity contribution in [2.45, 2.75) is 32.7 Å². The van der Waals surface area contributed by atoms with Gasteiger partial charge in [-0.1, -0.05) is 42.5 Å². The van der Waals surface area contributed by atoms with Crippen LogP contribution in [0.2, 0.25) is 0 Å². The van der Waals surface area contributed by atoms with Crippen LogP contribution in [0.25, 0.3) is 10.2 Å². The van der Waals surface area contributed by atoms with E-state index in [1.165, 1.54) is 15.1 Å². The fraction of sp³-hybridized carbons (Fsp3) is 0.353. The normalized spacial score (nSPS) is 17.6. The van der Waals surface area contributed by atoms with Crippen molar-refractivity contribution >= 4 is 21.6 Å². The molecule has 4 nitrogen and oxygen atoms in total. The highest BCUT2D eigenvalue weighted by Gasteiger charge is 2.23. The van der Waals surface area contributed by atoms with Gasteiger partial charge in [-0.2, -0.15) is 0 Å². The summed E-state index contributed by atoms with van der Waals surface area (Å²) in [4.78, 5) is 14.9. The summed E-state index contributed by atoms with van der Waals surface area (Å²) in [6.07, 6.45) is 3.20. The van der Waals surface area contributed by atoms with Crippen LogP contribution in [0.5, 0.6) is 0 Å². The van der Waals surface area contributed by atoms with E-state index in [0.717, 1.165) is 35.0 Å². The molecule has 1 aliphatic carbocycles. The Hall–Kier alpha value is -2.01. The van der Waals surface area contributed by atoms with Gasteiger partial charge in [0.2, 0.25) is 0 Å². The Kier molecular flexibility index (Phi) is 3.30. The summed E-state index contributed by atoms with van der Waals surface area (Å²) in [5.41, 5.74) is 2.29. The maximum Gasteiger partial charge on any atom is 0.279 e. The molecule has 1 aliphatic rings. The predicted octanol–water partition coefficient (Wildman–Crippen LogP) is 3.03. The van der Waals surface area contributed by atoms with Crippen LogP contribution in [0.1, 0.15) is 29.3 Å². The van der Waals surface area contributed by atoms with E-state index in [1.807, 2.05) is 30.3 Å². The molecule has 0 radical (unpaired) electrons. The molecule has 0 bridgehead atoms. The van der Waals surface area contributed by atoms with Gasteiger partial charge in [0.05, 0.1) is 11.9 Å². The number of rotatable bonds is 2. The van der Waals surface area contributed by atoms with Gasteiger partial charge in [0.1, 0.15) is 0 Å². The molecule has 22 heavy (non-hydrogen) atoms. The molecule has 112 valence electrons. The largest absolute Gasteiger partial charge is 0.279 e. The van der Waals surface area contributed by atoms with E-state index in [1.54, 1.807) is 11.3 Å². The topological polar surface area (TPSA) is 47.8 Å². The Morgan fingerprint density at radius 2 is 2.14 bits per heavy atom. The fourth-order valence-corrected chi connectivity index (χ4v) is 4.47. The number of nitrogens with zero attached hydrogens (tertiary/aromatic N) is 3. The molecular weight excluding hydrogens is 294 g/mol. The molecule has 1 aromatic carbocycles. The summed E-state index contributed by atoms with van der Waals surface area (Å²) < 4.78 is 1.49. The summed E-state index contributed by atoms with van der Waals surface area (Å²) in [5, 5.41) is 9.23. The van der Waals surface area contributed by atoms with Gasteiger partial charge >= 0.3 is 0 Å². The first kappa shape index (κ1) is 13.6. The first-order valence-electron chi connectivity index (χ1n) is 7.64. The fourth-order valence-electron chi connectivity index (χ4n) is 3.15. The number of aryl methyl sites for hydroxylation is 1. The van der Waals surface area contributed by atoms with Crippen LogP contribution < -0.4 is 5.56 Å². The van der Waals surface area contributed by atoms with Gasteiger partial charge < -0.3 is 0 Å². The van der Waals surface area contributed by atoms with Crippen molar-refractivity contribution < 1.29 is 0 Å². The van der Waals surface area contributed by atoms with E-state index in [4.69, 9.17) is 0 Å². The van der Waals surface area contributed by atoms with Gasteiger partial charge in [0, 0.05) is 4.88 Å². The van der Waals surface area contributed by atoms with Crippen molar-refractivity contribution in [1.29, 1.82) is 0 Å². The third-order valence-corrected chi connectivity index (χ3v) is 5.50. The highest BCUT2D eigenvalue weighted by atomic mass is 32.1. The molecule has 1 unspecified atom stereocenters. The van der Waals surface area contributed by atoms with Gasteiger partial charge in [-0.05, 0) is 36.3 Å². The van der Waals surface area contributed by atoms with Crippen LogP contribution in [0.15, 0.2) is 35.1 Å². The minimum Gasteiger partial charge on any atom is -0.267 e. The standard InChI is InChI=1S/C17H17N3OS/c1-11-7-8-13-14(9-11)22-16-15(13)17(21)20(19-18-16)10-12-5-3-2-4-6-12/h2-6,11H,7-10H2,1H3. The predicted molar refractivity (Wildman–Crippen MR) is 88.4 cm³/mol. The smallest absolute Gasteiger partial charge is 0.267 e. The van der Waals surface area contributed by atoms with E-state index in [0.29, 0.717) is 12.5 Å². The average Bonchev–Trinajstić information content (AvgIpc) is 2.89. The monoisotopic (exact) mass is 311 g/mol. The molecule has 0 saturated carbocycles. The summed E-state index contributed by atoms with van der Waals surface area (Å²) >= 11 is 1.65. The molecule has 0 N–H and O–H groups in total. The maximum atomic E-state index is 12.8. The number of thiophene rings is 1. The molecule has 0 saturated heterocycles. The molecule has 0 amide bonds. The lowest BCUT2D eigenvalue weighted by molar-refractivity contribution is 0.508. The zero-order valence-corrected chi connectivity index (χ0v) is 13.3. The van der Waals surface area contributed by atoms with Gasteiger partial charge in [0.25, 0.3) is 5.56 Å². The quantitative estimate of drug-likeness (QED) is 0.731. The number of fused-ring (bicyclic) bond motifs is 3. The zero-order valence-electron chi connectivity index (χ0n) is 12.5. The second-order valence-corrected chi connectivity index (χ2v) is 7.15. The summed E-state index contributed by atoms with van der Waals surface area (Å²) in [6.45, 7) is 2.75. The minimum atomic E-state index is 0.000839. The van der Waals surface area contributed by atoms with Crippen LogP contribution in [0.4, 0.5) is 0 Å². The van der Waals surface area contributed by atoms with E-state index in [9.17, 15) is 4.79 Å². The van der Waals surface area contributed by atoms with Crippen molar-refractivity contribution in [1.82, 2.24) is 15.0 Å². The Labute approximate surface area is 132 Å². The van der Waals surface area contributed by atoms with Crippen molar-refractivity contribution in [3.8, 4) is 0 Å². The van der Waals surface area contributed by atoms with E-state index in [-0.39, 0.29) is 5.56 Å². The summed E-state index contributed by atoms with van der Waals surface area (Å²) in [6, 6.07) is 9.92. The van der Waals surface area contributed by atoms with E-state index in [2.05, 4.69) is 17.2 Å². The van der Waals surface area contributed by atoms with Crippen LogP contribution >= 0.6 is 11.3 Å². The van der Waals surface area contributed by atoms with Crippen LogP contribution in [0.3, 0.4) is 0 Å². The van der Waals surface area contributed by atoms with Gasteiger partial charge in [-0.15, -0.1) is 16.4 Å². The van der Waals surface area contributed by atoms with Gasteiger partial charge in [-0.3, -0.25) is 4.79 Å². The van der Waals surface area contributed by atoms with E-state index >= 15 is 0 Å². The van der Waals surface area contributed by atoms with Crippen molar-refractivity contribution in [2.24, 2.45) is 5.92 Å². The second-order valence-electron chi connectivity index (χ2n) is 6.07. The molecule has 2 aromatic heterocycles. The molecular formula is C17H17N3OS. The Balaban J connectivity index is 1.82. The molecule has 3 aromatic rings. The SMILES string of the molecule is CC1CCc2c(sc3nnn(Cc4ccccc4)c(=O)c23)C1. The highest BCUT2D eigenvalue weighted by Crippen LogP contribution is 2.35. The zero-order chi connectivity index (χ0) is 15.1. The first-order valence-corrected chi connectivity index (χ1v) is 8.46. The number of hydrogen-bond acceptors (Lipinski definition) is 4. The van der Waals surface area contributed by atoms with Gasteiger partial charge in [-0.25, -0.2) is 4.68 Å². The lowest BCUT2D eigenvalue weighted by atomic mass is 9.89. The molecule has 1 atom stereocenters. The van der Waals surface area contributed by atoms with Crippen LogP contribution in [0, 0.1) is 5.92 Å². The maximum absolute atomic E-state index is 12.8. The summed E-state index contributed by atoms with van der Waals surface area (Å²) in [7, 11) is 0. The Bertz CT molecular complexity index is 882. The minimum absolute atomic E-state index is 0.000839. The highest BCUT2D eigenvalue weighted by molar-refractivity contribution is 7.18. The lowest BCUT2D eigenvalue weighted by Crippen LogP contribution is -2.25. The van der Waals surface area contributed by atoms with E-state index < -0.39 is 0 Å². The molecule has 0 fully saturated rings. The molecule has 4 rings (SSSR count). The summed E-state index contributed by atoms with van der Waals surface area (Å²) in [5.74, 6) is 0.695. The molecule has 0 aliphatic heterocycles. The average molecular weight is 311 g/mol. The van der Waals surface area contributed by atoms with Crippen molar-refractivity contribution in [2.75, 3.05) is 0 Å². The number of hydrogen-bond donors (Lipinski definition) is 0. The third-order valence-electron chi connectivity index (χ3n) is 4.36. The first-order chi connectivity index (χ1) is 10.7. The molecule has 2 heterocycles. The van der Waals surface area contributed by atoms with Crippen LogP contribution in [-0.2, 0) is 19.4 Å². The van der Waals surface area contributed by atoms with Crippen molar-refractivity contribution in [3.63, 3.8) is 0 Å².